The number of pyridine rings is 2. The van der Waals surface area contributed by atoms with E-state index in [1.807, 2.05) is 91.8 Å². The van der Waals surface area contributed by atoms with E-state index in [9.17, 15) is 14.4 Å². The van der Waals surface area contributed by atoms with Crippen LogP contribution in [0, 0.1) is 0 Å². The smallest absolute Gasteiger partial charge is 0.429 e. The minimum Gasteiger partial charge on any atom is -0.444 e. The van der Waals surface area contributed by atoms with Crippen molar-refractivity contribution in [3.05, 3.63) is 73.3 Å². The molecule has 0 saturated carbocycles. The highest BCUT2D eigenvalue weighted by atomic mass is 16.6. The van der Waals surface area contributed by atoms with Crippen molar-refractivity contribution in [2.75, 3.05) is 42.7 Å². The predicted molar refractivity (Wildman–Crippen MR) is 186 cm³/mol. The number of hydrazine groups is 2. The van der Waals surface area contributed by atoms with Gasteiger partial charge >= 0.3 is 12.2 Å². The Morgan fingerprint density at radius 3 is 1.67 bits per heavy atom. The van der Waals surface area contributed by atoms with E-state index in [-0.39, 0.29) is 18.5 Å². The molecule has 4 aromatic rings. The Balaban J connectivity index is 0.000000190. The first-order valence-electron chi connectivity index (χ1n) is 16.3. The van der Waals surface area contributed by atoms with Crippen LogP contribution in [0.15, 0.2) is 73.3 Å². The first kappa shape index (κ1) is 34.2. The molecule has 1 N–H and O–H groups in total. The van der Waals surface area contributed by atoms with Crippen LogP contribution in [0.4, 0.5) is 21.0 Å². The number of rotatable bonds is 4. The third-order valence-electron chi connectivity index (χ3n) is 7.59. The Morgan fingerprint density at radius 2 is 1.15 bits per heavy atom. The van der Waals surface area contributed by atoms with Crippen molar-refractivity contribution in [2.45, 2.75) is 65.6 Å². The summed E-state index contributed by atoms with van der Waals surface area (Å²) < 4.78 is 10.7. The molecule has 2 aliphatic rings. The van der Waals surface area contributed by atoms with Crippen LogP contribution in [0.2, 0.25) is 0 Å². The first-order chi connectivity index (χ1) is 22.8. The zero-order chi connectivity index (χ0) is 34.5. The van der Waals surface area contributed by atoms with Gasteiger partial charge in [-0.3, -0.25) is 29.8 Å². The molecule has 0 aliphatic carbocycles. The van der Waals surface area contributed by atoms with Gasteiger partial charge in [0.25, 0.3) is 5.91 Å². The Bertz CT molecular complexity index is 1760. The Kier molecular flexibility index (Phi) is 10.2. The second kappa shape index (κ2) is 14.3. The quantitative estimate of drug-likeness (QED) is 0.270. The average molecular weight is 656 g/mol. The summed E-state index contributed by atoms with van der Waals surface area (Å²) in [5.41, 5.74) is 0.747. The maximum Gasteiger partial charge on any atom is 0.429 e. The average Bonchev–Trinajstić information content (AvgIpc) is 3.73. The minimum absolute atomic E-state index is 0.108. The second-order valence-electron chi connectivity index (χ2n) is 13.7. The van der Waals surface area contributed by atoms with Crippen molar-refractivity contribution < 1.29 is 23.9 Å². The van der Waals surface area contributed by atoms with Crippen LogP contribution < -0.4 is 15.3 Å². The molecule has 6 rings (SSSR count). The van der Waals surface area contributed by atoms with E-state index in [0.717, 1.165) is 58.9 Å². The molecular formula is C36H45N7O5. The predicted octanol–water partition coefficient (Wildman–Crippen LogP) is 6.31. The lowest BCUT2D eigenvalue weighted by atomic mass is 10.1. The number of carbonyl (C=O) groups is 3. The van der Waals surface area contributed by atoms with Gasteiger partial charge in [0, 0.05) is 60.1 Å². The Hall–Kier alpha value is -5.13. The summed E-state index contributed by atoms with van der Waals surface area (Å²) in [6.07, 6.45) is 8.11. The van der Waals surface area contributed by atoms with Gasteiger partial charge in [-0.25, -0.2) is 14.6 Å². The van der Waals surface area contributed by atoms with Crippen LogP contribution >= 0.6 is 0 Å². The molecule has 0 spiro atoms. The minimum atomic E-state index is -0.596. The molecule has 48 heavy (non-hydrogen) atoms. The molecule has 2 saturated heterocycles. The number of alkyl carbamates (subject to hydrolysis) is 1. The molecule has 2 aliphatic heterocycles. The zero-order valence-electron chi connectivity index (χ0n) is 28.6. The zero-order valence-corrected chi connectivity index (χ0v) is 28.6. The number of hydrogen-bond acceptors (Lipinski definition) is 9. The van der Waals surface area contributed by atoms with Crippen molar-refractivity contribution in [3.8, 4) is 0 Å². The summed E-state index contributed by atoms with van der Waals surface area (Å²) in [6, 6.07) is 16.0. The van der Waals surface area contributed by atoms with Gasteiger partial charge in [0.2, 0.25) is 0 Å². The fourth-order valence-electron chi connectivity index (χ4n) is 5.65. The molecule has 0 unspecified atom stereocenters. The number of nitrogens with one attached hydrogen (secondary N) is 1. The number of fused-ring (bicyclic) bond motifs is 2. The van der Waals surface area contributed by atoms with E-state index in [0.29, 0.717) is 13.1 Å². The molecule has 0 bridgehead atoms. The van der Waals surface area contributed by atoms with E-state index >= 15 is 0 Å². The third-order valence-corrected chi connectivity index (χ3v) is 7.59. The summed E-state index contributed by atoms with van der Waals surface area (Å²) in [7, 11) is 0. The van der Waals surface area contributed by atoms with Gasteiger partial charge in [-0.1, -0.05) is 48.5 Å². The normalized spacial score (nSPS) is 15.0. The van der Waals surface area contributed by atoms with Crippen LogP contribution in [0.1, 0.15) is 54.4 Å². The highest BCUT2D eigenvalue weighted by molar-refractivity contribution is 5.95. The van der Waals surface area contributed by atoms with Gasteiger partial charge in [0.15, 0.2) is 0 Å². The molecule has 254 valence electrons. The number of amides is 3. The number of benzene rings is 2. The van der Waals surface area contributed by atoms with Crippen molar-refractivity contribution in [1.29, 1.82) is 0 Å². The van der Waals surface area contributed by atoms with Gasteiger partial charge in [-0.05, 0) is 54.4 Å². The lowest BCUT2D eigenvalue weighted by molar-refractivity contribution is -0.129. The van der Waals surface area contributed by atoms with E-state index in [4.69, 9.17) is 9.47 Å². The molecule has 2 fully saturated rings. The van der Waals surface area contributed by atoms with Gasteiger partial charge in [-0.2, -0.15) is 0 Å². The molecule has 2 aromatic carbocycles. The molecule has 4 heterocycles. The lowest BCUT2D eigenvalue weighted by Crippen LogP contribution is -2.47. The van der Waals surface area contributed by atoms with Crippen molar-refractivity contribution in [1.82, 2.24) is 25.3 Å². The van der Waals surface area contributed by atoms with Crippen molar-refractivity contribution in [3.63, 3.8) is 0 Å². The summed E-state index contributed by atoms with van der Waals surface area (Å²) in [4.78, 5) is 45.4. The number of ether oxygens (including phenoxy) is 2. The van der Waals surface area contributed by atoms with Crippen LogP contribution in [-0.2, 0) is 14.3 Å². The topological polar surface area (TPSA) is 120 Å². The van der Waals surface area contributed by atoms with Gasteiger partial charge < -0.3 is 14.8 Å². The maximum absolute atomic E-state index is 12.6. The summed E-state index contributed by atoms with van der Waals surface area (Å²) in [5.74, 6) is -0.179. The SMILES string of the molecule is CC(C)(C)OC(=O)N1CCCN1c1cncc2ccccc12.CC(C)(C)OC(=O)NCC(=O)N1CCCN1c1cncc2ccccc12. The van der Waals surface area contributed by atoms with E-state index < -0.39 is 17.3 Å². The highest BCUT2D eigenvalue weighted by Gasteiger charge is 2.32. The summed E-state index contributed by atoms with van der Waals surface area (Å²) >= 11 is 0. The molecule has 2 aromatic heterocycles. The van der Waals surface area contributed by atoms with E-state index in [1.54, 1.807) is 37.0 Å². The molecule has 0 radical (unpaired) electrons. The molecule has 12 nitrogen and oxygen atoms in total. The van der Waals surface area contributed by atoms with Crippen LogP contribution in [0.5, 0.6) is 0 Å². The van der Waals surface area contributed by atoms with Crippen LogP contribution in [0.25, 0.3) is 21.5 Å². The largest absolute Gasteiger partial charge is 0.444 e. The lowest BCUT2D eigenvalue weighted by Gasteiger charge is -2.32. The van der Waals surface area contributed by atoms with Crippen molar-refractivity contribution >= 4 is 51.0 Å². The number of hydrogen-bond donors (Lipinski definition) is 1. The van der Waals surface area contributed by atoms with Crippen LogP contribution in [-0.4, -0.2) is 82.0 Å². The van der Waals surface area contributed by atoms with Gasteiger partial charge in [0.05, 0.1) is 23.8 Å². The first-order valence-corrected chi connectivity index (χ1v) is 16.3. The number of aromatic nitrogens is 2. The monoisotopic (exact) mass is 655 g/mol. The molecule has 12 heteroatoms. The Labute approximate surface area is 281 Å². The second-order valence-corrected chi connectivity index (χ2v) is 13.7. The number of carbonyl (C=O) groups excluding carboxylic acids is 3. The third kappa shape index (κ3) is 8.41. The van der Waals surface area contributed by atoms with Crippen molar-refractivity contribution in [2.24, 2.45) is 0 Å². The van der Waals surface area contributed by atoms with Crippen LogP contribution in [0.3, 0.4) is 0 Å². The molecular weight excluding hydrogens is 610 g/mol. The standard InChI is InChI=1S/C19H24N4O3.C17H21N3O2/c1-19(2,3)26-18(25)21-13-17(24)23-10-6-9-22(23)16-12-20-11-14-7-4-5-8-15(14)16;1-17(2,3)22-16(21)20-10-6-9-19(20)15-12-18-11-13-7-4-5-8-14(13)15/h4-5,7-8,11-12H,6,9-10,13H2,1-3H3,(H,21,25);4-5,7-8,11-12H,6,9-10H2,1-3H3. The Morgan fingerprint density at radius 1 is 0.667 bits per heavy atom. The summed E-state index contributed by atoms with van der Waals surface area (Å²) in [5, 5.41) is 14.0. The van der Waals surface area contributed by atoms with Gasteiger partial charge in [-0.15, -0.1) is 0 Å². The number of nitrogens with zero attached hydrogens (tertiary/aromatic N) is 6. The fraction of sp³-hybridized carbons (Fsp3) is 0.417. The van der Waals surface area contributed by atoms with E-state index in [2.05, 4.69) is 21.4 Å². The van der Waals surface area contributed by atoms with E-state index in [1.165, 1.54) is 0 Å². The summed E-state index contributed by atoms with van der Waals surface area (Å²) in [6.45, 7) is 13.7. The number of anilines is 2. The highest BCUT2D eigenvalue weighted by Crippen LogP contribution is 2.31. The fourth-order valence-corrected chi connectivity index (χ4v) is 5.65. The molecule has 3 amide bonds. The van der Waals surface area contributed by atoms with Gasteiger partial charge in [0.1, 0.15) is 17.7 Å². The maximum atomic E-state index is 12.6. The molecule has 0 atom stereocenters.